The molecule has 2 fully saturated rings. The SMILES string of the molecule is CCCNC(C)c1nnc(N2CCC3CCCCC3C2)o1. The minimum Gasteiger partial charge on any atom is -0.406 e. The highest BCUT2D eigenvalue weighted by molar-refractivity contribution is 5.26. The predicted octanol–water partition coefficient (Wildman–Crippen LogP) is 3.15. The molecule has 21 heavy (non-hydrogen) atoms. The Labute approximate surface area is 127 Å². The number of aromatic nitrogens is 2. The molecule has 1 aliphatic heterocycles. The number of anilines is 1. The first-order valence-electron chi connectivity index (χ1n) is 8.59. The summed E-state index contributed by atoms with van der Waals surface area (Å²) in [6.45, 7) is 7.39. The summed E-state index contributed by atoms with van der Waals surface area (Å²) in [6.07, 6.45) is 8.00. The fourth-order valence-corrected chi connectivity index (χ4v) is 3.75. The quantitative estimate of drug-likeness (QED) is 0.903. The molecule has 0 aromatic carbocycles. The summed E-state index contributed by atoms with van der Waals surface area (Å²) in [5, 5.41) is 11.9. The Balaban J connectivity index is 1.60. The zero-order valence-electron chi connectivity index (χ0n) is 13.3. The molecule has 3 rings (SSSR count). The van der Waals surface area contributed by atoms with Gasteiger partial charge in [0, 0.05) is 13.1 Å². The molecular formula is C16H28N4O. The van der Waals surface area contributed by atoms with Gasteiger partial charge in [0.05, 0.1) is 6.04 Å². The second-order valence-corrected chi connectivity index (χ2v) is 6.64. The minimum atomic E-state index is 0.137. The van der Waals surface area contributed by atoms with Gasteiger partial charge in [0.2, 0.25) is 5.89 Å². The van der Waals surface area contributed by atoms with Crippen LogP contribution < -0.4 is 10.2 Å². The monoisotopic (exact) mass is 292 g/mol. The van der Waals surface area contributed by atoms with Crippen LogP contribution in [0.25, 0.3) is 0 Å². The third kappa shape index (κ3) is 3.39. The first-order chi connectivity index (χ1) is 10.3. The van der Waals surface area contributed by atoms with Crippen molar-refractivity contribution in [1.29, 1.82) is 0 Å². The third-order valence-electron chi connectivity index (χ3n) is 5.06. The van der Waals surface area contributed by atoms with Crippen LogP contribution in [0.4, 0.5) is 6.01 Å². The smallest absolute Gasteiger partial charge is 0.318 e. The van der Waals surface area contributed by atoms with Gasteiger partial charge >= 0.3 is 6.01 Å². The van der Waals surface area contributed by atoms with Crippen LogP contribution in [-0.4, -0.2) is 29.8 Å². The van der Waals surface area contributed by atoms with Crippen molar-refractivity contribution in [3.05, 3.63) is 5.89 Å². The van der Waals surface area contributed by atoms with E-state index >= 15 is 0 Å². The van der Waals surface area contributed by atoms with Crippen molar-refractivity contribution in [3.63, 3.8) is 0 Å². The minimum absolute atomic E-state index is 0.137. The van der Waals surface area contributed by atoms with Gasteiger partial charge in [0.1, 0.15) is 0 Å². The number of hydrogen-bond donors (Lipinski definition) is 1. The van der Waals surface area contributed by atoms with E-state index in [1.54, 1.807) is 0 Å². The van der Waals surface area contributed by atoms with Crippen LogP contribution in [0.2, 0.25) is 0 Å². The van der Waals surface area contributed by atoms with E-state index in [0.717, 1.165) is 43.9 Å². The summed E-state index contributed by atoms with van der Waals surface area (Å²) in [5.74, 6) is 2.48. The molecule has 118 valence electrons. The maximum atomic E-state index is 5.90. The molecule has 5 nitrogen and oxygen atoms in total. The van der Waals surface area contributed by atoms with Gasteiger partial charge in [-0.1, -0.05) is 31.3 Å². The van der Waals surface area contributed by atoms with E-state index in [2.05, 4.69) is 34.3 Å². The Hall–Kier alpha value is -1.10. The van der Waals surface area contributed by atoms with E-state index in [1.165, 1.54) is 32.1 Å². The second-order valence-electron chi connectivity index (χ2n) is 6.64. The molecule has 0 amide bonds. The highest BCUT2D eigenvalue weighted by Gasteiger charge is 2.33. The molecule has 2 aliphatic rings. The van der Waals surface area contributed by atoms with Crippen LogP contribution in [0.5, 0.6) is 0 Å². The van der Waals surface area contributed by atoms with E-state index in [9.17, 15) is 0 Å². The molecule has 0 radical (unpaired) electrons. The van der Waals surface area contributed by atoms with Gasteiger partial charge in [0.25, 0.3) is 0 Å². The lowest BCUT2D eigenvalue weighted by atomic mass is 9.75. The molecular weight excluding hydrogens is 264 g/mol. The van der Waals surface area contributed by atoms with Crippen LogP contribution in [0.3, 0.4) is 0 Å². The van der Waals surface area contributed by atoms with Gasteiger partial charge in [-0.05, 0) is 44.6 Å². The van der Waals surface area contributed by atoms with Crippen molar-refractivity contribution >= 4 is 6.01 Å². The summed E-state index contributed by atoms with van der Waals surface area (Å²) in [4.78, 5) is 2.30. The molecule has 2 heterocycles. The predicted molar refractivity (Wildman–Crippen MR) is 83.3 cm³/mol. The first-order valence-corrected chi connectivity index (χ1v) is 8.59. The molecule has 1 aliphatic carbocycles. The van der Waals surface area contributed by atoms with Crippen molar-refractivity contribution in [2.45, 2.75) is 58.4 Å². The molecule has 0 bridgehead atoms. The molecule has 1 aromatic rings. The lowest BCUT2D eigenvalue weighted by molar-refractivity contribution is 0.198. The van der Waals surface area contributed by atoms with Crippen LogP contribution in [0.1, 0.15) is 64.3 Å². The van der Waals surface area contributed by atoms with Gasteiger partial charge < -0.3 is 14.6 Å². The Kier molecular flexibility index (Phi) is 4.78. The van der Waals surface area contributed by atoms with Crippen molar-refractivity contribution in [2.24, 2.45) is 11.8 Å². The molecule has 1 N–H and O–H groups in total. The largest absolute Gasteiger partial charge is 0.406 e. The average molecular weight is 292 g/mol. The van der Waals surface area contributed by atoms with Crippen LogP contribution in [-0.2, 0) is 0 Å². The Bertz CT molecular complexity index is 447. The normalized spacial score (nSPS) is 27.4. The van der Waals surface area contributed by atoms with Crippen molar-refractivity contribution < 1.29 is 4.42 Å². The lowest BCUT2D eigenvalue weighted by Gasteiger charge is -2.40. The fourth-order valence-electron chi connectivity index (χ4n) is 3.75. The standard InChI is InChI=1S/C16H28N4O/c1-3-9-17-12(2)15-18-19-16(21-15)20-10-8-13-6-4-5-7-14(13)11-20/h12-14,17H,3-11H2,1-2H3. The Morgan fingerprint density at radius 1 is 1.24 bits per heavy atom. The number of rotatable bonds is 5. The highest BCUT2D eigenvalue weighted by Crippen LogP contribution is 2.37. The van der Waals surface area contributed by atoms with Crippen LogP contribution >= 0.6 is 0 Å². The van der Waals surface area contributed by atoms with Gasteiger partial charge in [-0.25, -0.2) is 0 Å². The summed E-state index contributed by atoms with van der Waals surface area (Å²) in [6, 6.07) is 0.859. The molecule has 0 spiro atoms. The summed E-state index contributed by atoms with van der Waals surface area (Å²) < 4.78 is 5.90. The van der Waals surface area contributed by atoms with Gasteiger partial charge in [0.15, 0.2) is 0 Å². The van der Waals surface area contributed by atoms with E-state index in [-0.39, 0.29) is 6.04 Å². The molecule has 3 unspecified atom stereocenters. The van der Waals surface area contributed by atoms with Crippen molar-refractivity contribution in [2.75, 3.05) is 24.5 Å². The average Bonchev–Trinajstić information content (AvgIpc) is 3.02. The van der Waals surface area contributed by atoms with Crippen LogP contribution in [0.15, 0.2) is 4.42 Å². The van der Waals surface area contributed by atoms with E-state index in [0.29, 0.717) is 5.89 Å². The molecule has 1 saturated carbocycles. The lowest BCUT2D eigenvalue weighted by Crippen LogP contribution is -2.42. The zero-order valence-corrected chi connectivity index (χ0v) is 13.3. The molecule has 5 heteroatoms. The maximum Gasteiger partial charge on any atom is 0.318 e. The number of nitrogens with zero attached hydrogens (tertiary/aromatic N) is 3. The van der Waals surface area contributed by atoms with E-state index < -0.39 is 0 Å². The zero-order chi connectivity index (χ0) is 14.7. The van der Waals surface area contributed by atoms with Gasteiger partial charge in [-0.2, -0.15) is 0 Å². The van der Waals surface area contributed by atoms with Crippen molar-refractivity contribution in [1.82, 2.24) is 15.5 Å². The topological polar surface area (TPSA) is 54.2 Å². The van der Waals surface area contributed by atoms with Gasteiger partial charge in [-0.15, -0.1) is 5.10 Å². The van der Waals surface area contributed by atoms with E-state index in [1.807, 2.05) is 0 Å². The van der Waals surface area contributed by atoms with Crippen molar-refractivity contribution in [3.8, 4) is 0 Å². The summed E-state index contributed by atoms with van der Waals surface area (Å²) in [7, 11) is 0. The first kappa shape index (κ1) is 14.8. The van der Waals surface area contributed by atoms with Gasteiger partial charge in [-0.3, -0.25) is 0 Å². The van der Waals surface area contributed by atoms with E-state index in [4.69, 9.17) is 4.42 Å². The molecule has 1 aromatic heterocycles. The second kappa shape index (κ2) is 6.77. The summed E-state index contributed by atoms with van der Waals surface area (Å²) in [5.41, 5.74) is 0. The Morgan fingerprint density at radius 2 is 2.05 bits per heavy atom. The number of fused-ring (bicyclic) bond motifs is 1. The molecule has 3 atom stereocenters. The van der Waals surface area contributed by atoms with Crippen LogP contribution in [0, 0.1) is 11.8 Å². The fraction of sp³-hybridized carbons (Fsp3) is 0.875. The number of hydrogen-bond acceptors (Lipinski definition) is 5. The summed E-state index contributed by atoms with van der Waals surface area (Å²) >= 11 is 0. The number of piperidine rings is 1. The third-order valence-corrected chi connectivity index (χ3v) is 5.06. The molecule has 1 saturated heterocycles. The Morgan fingerprint density at radius 3 is 2.86 bits per heavy atom. The number of nitrogens with one attached hydrogen (secondary N) is 1. The highest BCUT2D eigenvalue weighted by atomic mass is 16.4. The maximum absolute atomic E-state index is 5.90.